The monoisotopic (exact) mass is 501 g/mol. The number of rotatable bonds is 5. The van der Waals surface area contributed by atoms with E-state index in [-0.39, 0.29) is 23.9 Å². The first-order valence-electron chi connectivity index (χ1n) is 11.3. The van der Waals surface area contributed by atoms with Gasteiger partial charge in [0.25, 0.3) is 5.91 Å². The van der Waals surface area contributed by atoms with Crippen molar-refractivity contribution in [1.29, 1.82) is 0 Å². The topological polar surface area (TPSA) is 44.7 Å². The van der Waals surface area contributed by atoms with Crippen LogP contribution in [0.1, 0.15) is 63.5 Å². The van der Waals surface area contributed by atoms with Crippen molar-refractivity contribution in [3.8, 4) is 0 Å². The summed E-state index contributed by atoms with van der Waals surface area (Å²) in [5.74, 6) is -0.0429. The predicted octanol–water partition coefficient (Wildman–Crippen LogP) is 6.89. The summed E-state index contributed by atoms with van der Waals surface area (Å²) in [5, 5.41) is 10.8. The van der Waals surface area contributed by atoms with Crippen LogP contribution in [-0.2, 0) is 4.79 Å². The molecule has 1 saturated carbocycles. The van der Waals surface area contributed by atoms with E-state index in [1.807, 2.05) is 41.4 Å². The fraction of sp³-hybridized carbons (Fsp3) is 0.440. The molecule has 1 fully saturated rings. The molecule has 1 aliphatic carbocycles. The molecule has 0 aromatic heterocycles. The van der Waals surface area contributed by atoms with Gasteiger partial charge in [0.2, 0.25) is 0 Å². The molecule has 1 amide bonds. The lowest BCUT2D eigenvalue weighted by molar-refractivity contribution is -0.115. The van der Waals surface area contributed by atoms with Gasteiger partial charge in [0.05, 0.1) is 16.8 Å². The number of anilines is 1. The summed E-state index contributed by atoms with van der Waals surface area (Å²) in [5.41, 5.74) is 2.56. The fourth-order valence-electron chi connectivity index (χ4n) is 4.76. The normalized spacial score (nSPS) is 22.2. The second-order valence-corrected chi connectivity index (χ2v) is 9.78. The van der Waals surface area contributed by atoms with Gasteiger partial charge >= 0.3 is 0 Å². The van der Waals surface area contributed by atoms with Crippen LogP contribution >= 0.6 is 27.5 Å². The van der Waals surface area contributed by atoms with Crippen LogP contribution in [-0.4, -0.2) is 17.7 Å². The molecule has 2 atom stereocenters. The van der Waals surface area contributed by atoms with E-state index in [1.165, 1.54) is 25.7 Å². The molecule has 0 bridgehead atoms. The molecule has 0 saturated heterocycles. The first-order valence-corrected chi connectivity index (χ1v) is 12.4. The van der Waals surface area contributed by atoms with Crippen molar-refractivity contribution in [3.63, 3.8) is 0 Å². The molecule has 2 aromatic carbocycles. The number of halogens is 2. The third-order valence-electron chi connectivity index (χ3n) is 6.38. The summed E-state index contributed by atoms with van der Waals surface area (Å²) in [6.07, 6.45) is 7.82. The Morgan fingerprint density at radius 2 is 1.77 bits per heavy atom. The van der Waals surface area contributed by atoms with Gasteiger partial charge in [-0.25, -0.2) is 0 Å². The third kappa shape index (κ3) is 4.98. The van der Waals surface area contributed by atoms with Gasteiger partial charge in [0, 0.05) is 16.4 Å². The van der Waals surface area contributed by atoms with Crippen LogP contribution in [0.5, 0.6) is 0 Å². The zero-order valence-corrected chi connectivity index (χ0v) is 20.2. The van der Waals surface area contributed by atoms with Crippen LogP contribution < -0.4 is 10.3 Å². The van der Waals surface area contributed by atoms with E-state index in [0.717, 1.165) is 35.0 Å². The molecule has 31 heavy (non-hydrogen) atoms. The minimum absolute atomic E-state index is 0.0109. The van der Waals surface area contributed by atoms with Crippen molar-refractivity contribution in [3.05, 3.63) is 63.6 Å². The highest BCUT2D eigenvalue weighted by Gasteiger charge is 2.41. The smallest absolute Gasteiger partial charge is 0.268 e. The highest BCUT2D eigenvalue weighted by atomic mass is 79.9. The van der Waals surface area contributed by atoms with Gasteiger partial charge in [-0.15, -0.1) is 0 Å². The van der Waals surface area contributed by atoms with Crippen LogP contribution in [0.4, 0.5) is 5.69 Å². The summed E-state index contributed by atoms with van der Waals surface area (Å²) < 4.78 is 1.03. The standard InChI is InChI=1S/C25H29BrClN3O/c1-2-20-23(25(31)28-19-9-5-3-4-6-10-19)29-30(22-12-8-7-11-21(22)27)24(20)17-13-15-18(26)16-14-17/h7-8,11-16,19-20,24H,2-6,9-10H2,1H3,(H,28,31)/t20-,24-/m0/s1. The van der Waals surface area contributed by atoms with E-state index in [0.29, 0.717) is 10.7 Å². The molecule has 6 heteroatoms. The van der Waals surface area contributed by atoms with E-state index in [1.54, 1.807) is 0 Å². The lowest BCUT2D eigenvalue weighted by Crippen LogP contribution is -2.41. The number of nitrogens with one attached hydrogen (secondary N) is 1. The SMILES string of the molecule is CC[C@H]1C(C(=O)NC2CCCCCC2)=NN(c2ccccc2Cl)[C@H]1c1ccc(Br)cc1. The molecule has 1 heterocycles. The Hall–Kier alpha value is -1.85. The Morgan fingerprint density at radius 3 is 2.42 bits per heavy atom. The van der Waals surface area contributed by atoms with Gasteiger partial charge in [-0.1, -0.05) is 84.4 Å². The van der Waals surface area contributed by atoms with Gasteiger partial charge in [0.15, 0.2) is 0 Å². The highest BCUT2D eigenvalue weighted by molar-refractivity contribution is 9.10. The summed E-state index contributed by atoms with van der Waals surface area (Å²) in [6.45, 7) is 2.13. The van der Waals surface area contributed by atoms with E-state index in [9.17, 15) is 4.79 Å². The minimum Gasteiger partial charge on any atom is -0.348 e. The van der Waals surface area contributed by atoms with Crippen LogP contribution in [0.25, 0.3) is 0 Å². The zero-order valence-electron chi connectivity index (χ0n) is 17.9. The molecule has 1 aliphatic heterocycles. The summed E-state index contributed by atoms with van der Waals surface area (Å²) in [6, 6.07) is 16.2. The predicted molar refractivity (Wildman–Crippen MR) is 132 cm³/mol. The molecule has 0 spiro atoms. The fourth-order valence-corrected chi connectivity index (χ4v) is 5.25. The van der Waals surface area contributed by atoms with Crippen LogP contribution in [0.15, 0.2) is 58.1 Å². The van der Waals surface area contributed by atoms with Crippen LogP contribution in [0.3, 0.4) is 0 Å². The summed E-state index contributed by atoms with van der Waals surface area (Å²) >= 11 is 10.1. The number of benzene rings is 2. The molecular weight excluding hydrogens is 474 g/mol. The Kier molecular flexibility index (Phi) is 7.34. The molecule has 0 unspecified atom stereocenters. The molecule has 2 aliphatic rings. The van der Waals surface area contributed by atoms with Crippen LogP contribution in [0.2, 0.25) is 5.02 Å². The first kappa shape index (κ1) is 22.3. The average Bonchev–Trinajstić information content (AvgIpc) is 2.97. The van der Waals surface area contributed by atoms with E-state index < -0.39 is 0 Å². The maximum Gasteiger partial charge on any atom is 0.268 e. The van der Waals surface area contributed by atoms with Gasteiger partial charge in [-0.2, -0.15) is 5.10 Å². The third-order valence-corrected chi connectivity index (χ3v) is 7.23. The second-order valence-electron chi connectivity index (χ2n) is 8.45. The first-order chi connectivity index (χ1) is 15.1. The Morgan fingerprint density at radius 1 is 1.10 bits per heavy atom. The summed E-state index contributed by atoms with van der Waals surface area (Å²) in [7, 11) is 0. The van der Waals surface area contributed by atoms with Crippen molar-refractivity contribution in [1.82, 2.24) is 5.32 Å². The quantitative estimate of drug-likeness (QED) is 0.453. The number of amides is 1. The number of hydrogen-bond donors (Lipinski definition) is 1. The minimum atomic E-state index is -0.0760. The number of hydrazone groups is 1. The van der Waals surface area contributed by atoms with Crippen molar-refractivity contribution >= 4 is 44.8 Å². The number of hydrogen-bond acceptors (Lipinski definition) is 3. The molecule has 0 radical (unpaired) electrons. The van der Waals surface area contributed by atoms with Crippen molar-refractivity contribution in [2.45, 2.75) is 64.0 Å². The highest BCUT2D eigenvalue weighted by Crippen LogP contribution is 2.43. The zero-order chi connectivity index (χ0) is 21.8. The maximum absolute atomic E-state index is 13.4. The lowest BCUT2D eigenvalue weighted by atomic mass is 9.87. The lowest BCUT2D eigenvalue weighted by Gasteiger charge is -2.28. The maximum atomic E-state index is 13.4. The molecule has 4 nitrogen and oxygen atoms in total. The van der Waals surface area contributed by atoms with E-state index in [4.69, 9.17) is 16.7 Å². The molecule has 1 N–H and O–H groups in total. The largest absolute Gasteiger partial charge is 0.348 e. The number of nitrogens with zero attached hydrogens (tertiary/aromatic N) is 2. The molecule has 4 rings (SSSR count). The number of carbonyl (C=O) groups is 1. The number of para-hydroxylation sites is 1. The van der Waals surface area contributed by atoms with Crippen molar-refractivity contribution in [2.24, 2.45) is 11.0 Å². The van der Waals surface area contributed by atoms with Gasteiger partial charge < -0.3 is 5.32 Å². The Bertz CT molecular complexity index is 938. The average molecular weight is 503 g/mol. The van der Waals surface area contributed by atoms with E-state index in [2.05, 4.69) is 40.3 Å². The van der Waals surface area contributed by atoms with Crippen molar-refractivity contribution in [2.75, 3.05) is 5.01 Å². The van der Waals surface area contributed by atoms with Crippen molar-refractivity contribution < 1.29 is 4.79 Å². The second kappa shape index (κ2) is 10.2. The molecule has 2 aromatic rings. The molecule has 164 valence electrons. The Labute approximate surface area is 198 Å². The van der Waals surface area contributed by atoms with Crippen LogP contribution in [0, 0.1) is 5.92 Å². The summed E-state index contributed by atoms with van der Waals surface area (Å²) in [4.78, 5) is 13.4. The van der Waals surface area contributed by atoms with Gasteiger partial charge in [-0.3, -0.25) is 9.80 Å². The Balaban J connectivity index is 1.68. The van der Waals surface area contributed by atoms with Gasteiger partial charge in [-0.05, 0) is 49.1 Å². The molecular formula is C25H29BrClN3O. The number of carbonyl (C=O) groups excluding carboxylic acids is 1. The van der Waals surface area contributed by atoms with Gasteiger partial charge in [0.1, 0.15) is 5.71 Å². The van der Waals surface area contributed by atoms with E-state index >= 15 is 0 Å².